The van der Waals surface area contributed by atoms with Crippen LogP contribution in [0.3, 0.4) is 0 Å². The third kappa shape index (κ3) is 5.60. The number of allylic oxidation sites excluding steroid dienone is 4. The number of hydrogen-bond acceptors (Lipinski definition) is 3. The molecule has 1 unspecified atom stereocenters. The van der Waals surface area contributed by atoms with Gasteiger partial charge in [0.15, 0.2) is 16.3 Å². The average Bonchev–Trinajstić information content (AvgIpc) is 4.19. The van der Waals surface area contributed by atoms with Crippen LogP contribution in [0.4, 0.5) is 0 Å². The molecule has 13 aromatic rings. The van der Waals surface area contributed by atoms with E-state index in [2.05, 4.69) is 203 Å². The summed E-state index contributed by atoms with van der Waals surface area (Å²) in [4.78, 5) is 1.40. The lowest BCUT2D eigenvalue weighted by Gasteiger charge is -2.18. The molecule has 0 fully saturated rings. The number of hydrogen-bond donors (Lipinski definition) is 0. The fourth-order valence-electron chi connectivity index (χ4n) is 10.8. The first-order chi connectivity index (χ1) is 33.2. The summed E-state index contributed by atoms with van der Waals surface area (Å²) >= 11 is 0. The van der Waals surface area contributed by atoms with Crippen LogP contribution in [-0.4, -0.2) is 19.8 Å². The Morgan fingerprint density at radius 3 is 1.54 bits per heavy atom. The van der Waals surface area contributed by atoms with Crippen LogP contribution >= 0.6 is 10.5 Å². The molecule has 1 atom stereocenters. The third-order valence-corrected chi connectivity index (χ3v) is 16.0. The predicted molar refractivity (Wildman–Crippen MR) is 284 cm³/mol. The second-order valence-electron chi connectivity index (χ2n) is 17.3. The van der Waals surface area contributed by atoms with E-state index in [0.29, 0.717) is 0 Å². The molecular formula is C61H42N2O3S. The number of furan rings is 3. The van der Waals surface area contributed by atoms with E-state index in [-0.39, 0.29) is 10.5 Å². The molecule has 15 rings (SSSR count). The highest BCUT2D eigenvalue weighted by molar-refractivity contribution is 8.16. The van der Waals surface area contributed by atoms with Gasteiger partial charge in [0, 0.05) is 71.2 Å². The van der Waals surface area contributed by atoms with E-state index < -0.39 is 0 Å². The normalized spacial score (nSPS) is 16.2. The van der Waals surface area contributed by atoms with E-state index in [1.54, 1.807) is 0 Å². The van der Waals surface area contributed by atoms with E-state index in [9.17, 15) is 0 Å². The van der Waals surface area contributed by atoms with Crippen molar-refractivity contribution < 1.29 is 13.3 Å². The Kier molecular flexibility index (Phi) is 8.40. The summed E-state index contributed by atoms with van der Waals surface area (Å²) in [6, 6.07) is 58.7. The first-order valence-corrected chi connectivity index (χ1v) is 24.6. The molecule has 0 bridgehead atoms. The van der Waals surface area contributed by atoms with Crippen molar-refractivity contribution in [1.29, 1.82) is 0 Å². The van der Waals surface area contributed by atoms with E-state index >= 15 is 0 Å². The standard InChI is InChI=1S/C59H36N2O3S.C2H6/c1-5-15-50-40(11-1)41-12-2-6-16-51(41)60(50)37-10-9-31-65-39(23-21-37)24-25-46-48-33-36(20-29-56(48)64-59(46)65)35-19-28-54-47(32-35)44-26-27-45-49-34-38(22-30-55(49)63-58(45)57(44)62-54)61-52-17-7-3-13-42(52)43-14-4-8-18-53(43)61;1-2/h1-22,24-30,32-34H,23,31H2;1-2H3/b10-9-,37-21+;. The molecule has 0 aliphatic carbocycles. The second-order valence-corrected chi connectivity index (χ2v) is 19.3. The lowest BCUT2D eigenvalue weighted by Crippen LogP contribution is -2.04. The molecule has 5 aromatic heterocycles. The lowest BCUT2D eigenvalue weighted by atomic mass is 10.00. The van der Waals surface area contributed by atoms with E-state index in [1.165, 1.54) is 59.7 Å². The molecule has 0 N–H and O–H groups in total. The van der Waals surface area contributed by atoms with Crippen molar-refractivity contribution in [2.24, 2.45) is 0 Å². The smallest absolute Gasteiger partial charge is 0.178 e. The van der Waals surface area contributed by atoms with Crippen molar-refractivity contribution in [1.82, 2.24) is 9.13 Å². The fourth-order valence-corrected chi connectivity index (χ4v) is 12.9. The monoisotopic (exact) mass is 882 g/mol. The summed E-state index contributed by atoms with van der Waals surface area (Å²) in [7, 11) is -0.173. The first-order valence-electron chi connectivity index (χ1n) is 23.2. The molecule has 0 radical (unpaired) electrons. The van der Waals surface area contributed by atoms with Gasteiger partial charge in [-0.15, -0.1) is 10.5 Å². The molecule has 0 saturated carbocycles. The summed E-state index contributed by atoms with van der Waals surface area (Å²) in [6.07, 6.45) is 12.5. The van der Waals surface area contributed by atoms with Crippen LogP contribution in [0.1, 0.15) is 25.8 Å². The van der Waals surface area contributed by atoms with Crippen molar-refractivity contribution in [2.75, 3.05) is 5.75 Å². The van der Waals surface area contributed by atoms with Gasteiger partial charge in [-0.25, -0.2) is 0 Å². The molecule has 0 spiro atoms. The molecule has 0 saturated heterocycles. The molecule has 67 heavy (non-hydrogen) atoms. The highest BCUT2D eigenvalue weighted by atomic mass is 32.2. The molecular weight excluding hydrogens is 841 g/mol. The van der Waals surface area contributed by atoms with Crippen LogP contribution in [0.5, 0.6) is 0 Å². The number of nitrogens with zero attached hydrogens (tertiary/aromatic N) is 2. The van der Waals surface area contributed by atoms with E-state index in [1.807, 2.05) is 13.8 Å². The molecule has 7 heterocycles. The van der Waals surface area contributed by atoms with Crippen LogP contribution < -0.4 is 0 Å². The van der Waals surface area contributed by atoms with Crippen LogP contribution in [0.25, 0.3) is 127 Å². The largest absolute Gasteiger partial charge is 0.452 e. The third-order valence-electron chi connectivity index (χ3n) is 13.8. The number of aromatic nitrogens is 2. The zero-order chi connectivity index (χ0) is 44.3. The van der Waals surface area contributed by atoms with E-state index in [0.717, 1.165) is 88.9 Å². The van der Waals surface area contributed by atoms with Gasteiger partial charge in [-0.1, -0.05) is 117 Å². The lowest BCUT2D eigenvalue weighted by molar-refractivity contribution is 0.513. The molecule has 8 aromatic carbocycles. The Morgan fingerprint density at radius 2 is 0.940 bits per heavy atom. The van der Waals surface area contributed by atoms with Gasteiger partial charge in [-0.2, -0.15) is 0 Å². The molecule has 320 valence electrons. The maximum Gasteiger partial charge on any atom is 0.178 e. The van der Waals surface area contributed by atoms with Gasteiger partial charge in [-0.05, 0) is 113 Å². The van der Waals surface area contributed by atoms with Crippen molar-refractivity contribution in [3.8, 4) is 16.8 Å². The van der Waals surface area contributed by atoms with Crippen LogP contribution in [-0.2, 0) is 0 Å². The summed E-state index contributed by atoms with van der Waals surface area (Å²) in [5.74, 6) is 0.902. The average molecular weight is 883 g/mol. The zero-order valence-electron chi connectivity index (χ0n) is 36.9. The molecule has 2 aliphatic rings. The van der Waals surface area contributed by atoms with Gasteiger partial charge in [0.05, 0.1) is 22.1 Å². The van der Waals surface area contributed by atoms with Gasteiger partial charge in [0.2, 0.25) is 0 Å². The minimum absolute atomic E-state index is 0.173. The van der Waals surface area contributed by atoms with Crippen LogP contribution in [0, 0.1) is 0 Å². The molecule has 0 amide bonds. The minimum Gasteiger partial charge on any atom is -0.452 e. The molecule has 5 nitrogen and oxygen atoms in total. The summed E-state index contributed by atoms with van der Waals surface area (Å²) in [6.45, 7) is 4.00. The van der Waals surface area contributed by atoms with E-state index in [4.69, 9.17) is 13.3 Å². The van der Waals surface area contributed by atoms with Gasteiger partial charge >= 0.3 is 0 Å². The fraction of sp³-hybridized carbons (Fsp3) is 0.0656. The van der Waals surface area contributed by atoms with Gasteiger partial charge < -0.3 is 22.4 Å². The number of para-hydroxylation sites is 4. The number of rotatable bonds is 3. The van der Waals surface area contributed by atoms with Crippen molar-refractivity contribution >= 4 is 126 Å². The Bertz CT molecular complexity index is 4260. The van der Waals surface area contributed by atoms with Crippen LogP contribution in [0.2, 0.25) is 0 Å². The highest BCUT2D eigenvalue weighted by Crippen LogP contribution is 2.46. The Hall–Kier alpha value is -8.06. The summed E-state index contributed by atoms with van der Waals surface area (Å²) in [5, 5.41) is 11.5. The first kappa shape index (κ1) is 38.2. The molecule has 2 aliphatic heterocycles. The number of benzene rings is 8. The quantitative estimate of drug-likeness (QED) is 0.166. The van der Waals surface area contributed by atoms with Gasteiger partial charge in [-0.3, -0.25) is 0 Å². The van der Waals surface area contributed by atoms with Gasteiger partial charge in [0.1, 0.15) is 16.7 Å². The topological polar surface area (TPSA) is 49.3 Å². The number of fused-ring (bicyclic) bond motifs is 17. The Balaban J connectivity index is 0.00000211. The summed E-state index contributed by atoms with van der Waals surface area (Å²) < 4.78 is 24.8. The SMILES string of the molecule is C1=Cc2c(oc3ccc(-c4ccc5oc6c(ccc7c8cc(-n9c%10ccccc%10c%10ccccc%109)ccc8oc76)c5c4)cc23)S2=C1C/C=C(n1c3ccccc3c3ccccc31)\C=C/C2.CC. The maximum absolute atomic E-state index is 6.76. The second kappa shape index (κ2) is 14.7. The Morgan fingerprint density at radius 1 is 0.433 bits per heavy atom. The minimum atomic E-state index is -0.173. The molecule has 6 heteroatoms. The summed E-state index contributed by atoms with van der Waals surface area (Å²) in [5.41, 5.74) is 14.7. The predicted octanol–water partition coefficient (Wildman–Crippen LogP) is 17.5. The highest BCUT2D eigenvalue weighted by Gasteiger charge is 2.24. The Labute approximate surface area is 387 Å². The van der Waals surface area contributed by atoms with Gasteiger partial charge in [0.25, 0.3) is 0 Å². The van der Waals surface area contributed by atoms with Crippen LogP contribution in [0.15, 0.2) is 206 Å². The van der Waals surface area contributed by atoms with Crippen molar-refractivity contribution in [2.45, 2.75) is 25.4 Å². The van der Waals surface area contributed by atoms with Crippen molar-refractivity contribution in [3.05, 3.63) is 194 Å². The zero-order valence-corrected chi connectivity index (χ0v) is 37.7. The van der Waals surface area contributed by atoms with Crippen molar-refractivity contribution in [3.63, 3.8) is 0 Å². The maximum atomic E-state index is 6.76.